The first-order valence-electron chi connectivity index (χ1n) is 9.71. The second kappa shape index (κ2) is 7.63. The molecule has 0 saturated carbocycles. The number of fused-ring (bicyclic) bond motifs is 3. The zero-order chi connectivity index (χ0) is 21.6. The maximum absolute atomic E-state index is 13.4. The molecule has 3 aromatic rings. The highest BCUT2D eigenvalue weighted by Crippen LogP contribution is 2.30. The molecule has 0 N–H and O–H groups in total. The fourth-order valence-electron chi connectivity index (χ4n) is 3.78. The van der Waals surface area contributed by atoms with E-state index in [0.717, 1.165) is 22.9 Å². The number of ether oxygens (including phenoxy) is 1. The van der Waals surface area contributed by atoms with Gasteiger partial charge in [0.1, 0.15) is 5.75 Å². The Labute approximate surface area is 180 Å². The molecule has 1 amide bonds. The maximum Gasteiger partial charge on any atom is 0.258 e. The molecule has 0 aliphatic carbocycles. The van der Waals surface area contributed by atoms with Gasteiger partial charge in [0.25, 0.3) is 5.91 Å². The maximum atomic E-state index is 13.4. The Kier molecular flexibility index (Phi) is 5.28. The van der Waals surface area contributed by atoms with Gasteiger partial charge in [0.05, 0.1) is 23.1 Å². The van der Waals surface area contributed by atoms with Crippen LogP contribution in [-0.2, 0) is 22.9 Å². The van der Waals surface area contributed by atoms with Gasteiger partial charge in [-0.3, -0.25) is 4.79 Å². The monoisotopic (exact) mass is 446 g/mol. The third-order valence-corrected chi connectivity index (χ3v) is 6.50. The molecular formula is C22H23ClN2O4S. The number of aromatic nitrogens is 1. The summed E-state index contributed by atoms with van der Waals surface area (Å²) >= 11 is 6.15. The Hall–Kier alpha value is -2.51. The fourth-order valence-corrected chi connectivity index (χ4v) is 4.60. The Bertz CT molecular complexity index is 1250. The lowest BCUT2D eigenvalue weighted by Gasteiger charge is -2.30. The number of halogens is 1. The Morgan fingerprint density at radius 2 is 1.87 bits per heavy atom. The lowest BCUT2D eigenvalue weighted by molar-refractivity contribution is 0.0706. The van der Waals surface area contributed by atoms with Gasteiger partial charge in [-0.25, -0.2) is 8.42 Å². The van der Waals surface area contributed by atoms with Crippen LogP contribution in [0.2, 0.25) is 5.02 Å². The van der Waals surface area contributed by atoms with Gasteiger partial charge >= 0.3 is 0 Å². The molecule has 30 heavy (non-hydrogen) atoms. The Balaban J connectivity index is 1.70. The van der Waals surface area contributed by atoms with Crippen molar-refractivity contribution in [2.24, 2.45) is 0 Å². The molecule has 4 rings (SSSR count). The van der Waals surface area contributed by atoms with Crippen molar-refractivity contribution in [3.63, 3.8) is 0 Å². The van der Waals surface area contributed by atoms with E-state index in [9.17, 15) is 13.2 Å². The number of hydrogen-bond donors (Lipinski definition) is 0. The average Bonchev–Trinajstić information content (AvgIpc) is 3.03. The minimum Gasteiger partial charge on any atom is -0.490 e. The minimum absolute atomic E-state index is 0.0997. The number of carbonyl (C=O) groups is 1. The molecular weight excluding hydrogens is 424 g/mol. The molecule has 0 radical (unpaired) electrons. The zero-order valence-corrected chi connectivity index (χ0v) is 18.6. The predicted octanol–water partition coefficient (Wildman–Crippen LogP) is 4.14. The normalized spacial score (nSPS) is 14.2. The number of hydrogen-bond acceptors (Lipinski definition) is 4. The van der Waals surface area contributed by atoms with Gasteiger partial charge in [-0.1, -0.05) is 17.7 Å². The largest absolute Gasteiger partial charge is 0.490 e. The van der Waals surface area contributed by atoms with Gasteiger partial charge in [-0.2, -0.15) is 0 Å². The van der Waals surface area contributed by atoms with Crippen molar-refractivity contribution in [1.82, 2.24) is 9.47 Å². The number of amides is 1. The van der Waals surface area contributed by atoms with Gasteiger partial charge < -0.3 is 14.2 Å². The van der Waals surface area contributed by atoms with Crippen molar-refractivity contribution >= 4 is 38.2 Å². The summed E-state index contributed by atoms with van der Waals surface area (Å²) in [4.78, 5) is 15.2. The second-order valence-corrected chi connectivity index (χ2v) is 10.3. The van der Waals surface area contributed by atoms with Crippen LogP contribution in [0, 0.1) is 0 Å². The van der Waals surface area contributed by atoms with E-state index < -0.39 is 9.84 Å². The molecule has 6 nitrogen and oxygen atoms in total. The zero-order valence-electron chi connectivity index (χ0n) is 17.1. The number of sulfone groups is 1. The first-order chi connectivity index (χ1) is 14.1. The van der Waals surface area contributed by atoms with Crippen LogP contribution in [0.25, 0.3) is 10.9 Å². The molecule has 0 unspecified atom stereocenters. The smallest absolute Gasteiger partial charge is 0.258 e. The highest BCUT2D eigenvalue weighted by Gasteiger charge is 2.27. The molecule has 0 atom stereocenters. The summed E-state index contributed by atoms with van der Waals surface area (Å²) < 4.78 is 32.0. The third kappa shape index (κ3) is 3.91. The molecule has 1 aromatic heterocycles. The number of carbonyl (C=O) groups excluding carboxylic acids is 1. The van der Waals surface area contributed by atoms with Crippen molar-refractivity contribution in [3.05, 3.63) is 58.7 Å². The van der Waals surface area contributed by atoms with E-state index >= 15 is 0 Å². The Morgan fingerprint density at radius 1 is 1.10 bits per heavy atom. The summed E-state index contributed by atoms with van der Waals surface area (Å²) in [6, 6.07) is 12.3. The summed E-state index contributed by atoms with van der Waals surface area (Å²) in [6.07, 6.45) is 0.985. The summed E-state index contributed by atoms with van der Waals surface area (Å²) in [7, 11) is -3.45. The van der Waals surface area contributed by atoms with Crippen LogP contribution in [0.3, 0.4) is 0 Å². The number of rotatable bonds is 4. The quantitative estimate of drug-likeness (QED) is 0.604. The van der Waals surface area contributed by atoms with Crippen molar-refractivity contribution in [2.45, 2.75) is 37.9 Å². The summed E-state index contributed by atoms with van der Waals surface area (Å²) in [5.41, 5.74) is 2.32. The van der Waals surface area contributed by atoms with Gasteiger partial charge in [0.2, 0.25) is 0 Å². The van der Waals surface area contributed by atoms with Crippen LogP contribution in [0.15, 0.2) is 47.4 Å². The lowest BCUT2D eigenvalue weighted by Crippen LogP contribution is -2.38. The fraction of sp³-hybridized carbons (Fsp3) is 0.318. The van der Waals surface area contributed by atoms with E-state index in [-0.39, 0.29) is 22.5 Å². The van der Waals surface area contributed by atoms with E-state index in [2.05, 4.69) is 10.6 Å². The molecule has 1 aliphatic heterocycles. The van der Waals surface area contributed by atoms with Crippen molar-refractivity contribution in [2.75, 3.05) is 12.8 Å². The highest BCUT2D eigenvalue weighted by molar-refractivity contribution is 7.90. The van der Waals surface area contributed by atoms with Crippen LogP contribution < -0.4 is 4.74 Å². The SMILES string of the molecule is CC(C)Oc1ccc(S(C)(=O)=O)cc1C(=O)N1CCn2c(cc3ccc(Cl)cc32)C1. The molecule has 8 heteroatoms. The summed E-state index contributed by atoms with van der Waals surface area (Å²) in [6.45, 7) is 5.30. The van der Waals surface area contributed by atoms with Crippen LogP contribution >= 0.6 is 11.6 Å². The van der Waals surface area contributed by atoms with Gasteiger partial charge in [0, 0.05) is 41.0 Å². The molecule has 0 fully saturated rings. The predicted molar refractivity (Wildman–Crippen MR) is 117 cm³/mol. The highest BCUT2D eigenvalue weighted by atomic mass is 35.5. The van der Waals surface area contributed by atoms with Gasteiger partial charge in [-0.05, 0) is 50.2 Å². The van der Waals surface area contributed by atoms with Crippen molar-refractivity contribution < 1.29 is 17.9 Å². The van der Waals surface area contributed by atoms with E-state index in [1.54, 1.807) is 11.0 Å². The van der Waals surface area contributed by atoms with E-state index in [1.165, 1.54) is 12.1 Å². The summed E-state index contributed by atoms with van der Waals surface area (Å²) in [5.74, 6) is 0.144. The molecule has 0 spiro atoms. The first kappa shape index (κ1) is 20.8. The summed E-state index contributed by atoms with van der Waals surface area (Å²) in [5, 5.41) is 1.75. The molecule has 158 valence electrons. The Morgan fingerprint density at radius 3 is 2.57 bits per heavy atom. The number of nitrogens with zero attached hydrogens (tertiary/aromatic N) is 2. The molecule has 0 bridgehead atoms. The van der Waals surface area contributed by atoms with Crippen LogP contribution in [-0.4, -0.2) is 42.7 Å². The first-order valence-corrected chi connectivity index (χ1v) is 12.0. The standard InChI is InChI=1S/C22H23ClN2O4S/c1-14(2)29-21-7-6-18(30(3,27)28)12-19(21)22(26)24-8-9-25-17(13-24)10-15-4-5-16(23)11-20(15)25/h4-7,10-12,14H,8-9,13H2,1-3H3. The molecule has 2 aromatic carbocycles. The van der Waals surface area contributed by atoms with Crippen LogP contribution in [0.5, 0.6) is 5.75 Å². The third-order valence-electron chi connectivity index (χ3n) is 5.16. The van der Waals surface area contributed by atoms with Crippen molar-refractivity contribution in [3.8, 4) is 5.75 Å². The average molecular weight is 447 g/mol. The van der Waals surface area contributed by atoms with Crippen molar-refractivity contribution in [1.29, 1.82) is 0 Å². The van der Waals surface area contributed by atoms with Gasteiger partial charge in [0.15, 0.2) is 9.84 Å². The molecule has 1 aliphatic rings. The molecule has 0 saturated heterocycles. The lowest BCUT2D eigenvalue weighted by atomic mass is 10.1. The van der Waals surface area contributed by atoms with Crippen LogP contribution in [0.1, 0.15) is 29.9 Å². The van der Waals surface area contributed by atoms with E-state index in [4.69, 9.17) is 16.3 Å². The number of benzene rings is 2. The van der Waals surface area contributed by atoms with Gasteiger partial charge in [-0.15, -0.1) is 0 Å². The minimum atomic E-state index is -3.45. The topological polar surface area (TPSA) is 68.6 Å². The second-order valence-electron chi connectivity index (χ2n) is 7.81. The molecule has 2 heterocycles. The van der Waals surface area contributed by atoms with E-state index in [0.29, 0.717) is 30.4 Å². The van der Waals surface area contributed by atoms with Crippen LogP contribution in [0.4, 0.5) is 0 Å². The van der Waals surface area contributed by atoms with E-state index in [1.807, 2.05) is 32.0 Å².